The average Bonchev–Trinajstić information content (AvgIpc) is 2.95. The van der Waals surface area contributed by atoms with Gasteiger partial charge in [0, 0.05) is 48.1 Å². The minimum absolute atomic E-state index is 0.164. The smallest absolute Gasteiger partial charge is 0.248 e. The quantitative estimate of drug-likeness (QED) is 0.243. The molecule has 37 heavy (non-hydrogen) atoms. The van der Waals surface area contributed by atoms with Gasteiger partial charge < -0.3 is 15.0 Å². The zero-order chi connectivity index (χ0) is 25.3. The molecule has 7 heteroatoms. The number of morpholine rings is 1. The average molecular weight is 509 g/mol. The van der Waals surface area contributed by atoms with Crippen molar-refractivity contribution in [2.45, 2.75) is 16.3 Å². The normalized spacial score (nSPS) is 13.6. The summed E-state index contributed by atoms with van der Waals surface area (Å²) in [5.41, 5.74) is 4.14. The number of nitrogens with zero attached hydrogens (tertiary/aromatic N) is 3. The van der Waals surface area contributed by atoms with Crippen molar-refractivity contribution in [2.24, 2.45) is 0 Å². The molecule has 1 fully saturated rings. The molecule has 3 aromatic carbocycles. The molecule has 6 nitrogen and oxygen atoms in total. The third kappa shape index (κ3) is 7.29. The third-order valence-electron chi connectivity index (χ3n) is 5.93. The van der Waals surface area contributed by atoms with Crippen LogP contribution in [-0.2, 0) is 16.0 Å². The highest BCUT2D eigenvalue weighted by Crippen LogP contribution is 2.27. The summed E-state index contributed by atoms with van der Waals surface area (Å²) in [4.78, 5) is 24.8. The zero-order valence-electron chi connectivity index (χ0n) is 20.4. The maximum absolute atomic E-state index is 12.2. The molecule has 1 N–H and O–H groups in total. The standard InChI is InChI=1S/C30H28N4O2S/c35-29(15-8-23-4-2-1-3-5-23)32-25-9-13-27(14-10-25)37-30-16-17-31-28(33-30)22-24-6-11-26(12-7-24)34-18-20-36-21-19-34/h1-17H,18-22H2,(H,32,35)/b15-8+. The van der Waals surface area contributed by atoms with E-state index in [2.05, 4.69) is 39.5 Å². The summed E-state index contributed by atoms with van der Waals surface area (Å²) in [5.74, 6) is 0.626. The van der Waals surface area contributed by atoms with E-state index in [1.807, 2.05) is 60.7 Å². The molecule has 2 heterocycles. The predicted molar refractivity (Wildman–Crippen MR) is 149 cm³/mol. The fourth-order valence-corrected chi connectivity index (χ4v) is 4.79. The number of nitrogens with one attached hydrogen (secondary N) is 1. The molecule has 186 valence electrons. The lowest BCUT2D eigenvalue weighted by Gasteiger charge is -2.28. The van der Waals surface area contributed by atoms with Gasteiger partial charge in [-0.05, 0) is 59.7 Å². The lowest BCUT2D eigenvalue weighted by atomic mass is 10.1. The third-order valence-corrected chi connectivity index (χ3v) is 6.87. The van der Waals surface area contributed by atoms with Gasteiger partial charge in [0.05, 0.1) is 13.2 Å². The van der Waals surface area contributed by atoms with E-state index in [0.717, 1.165) is 53.3 Å². The van der Waals surface area contributed by atoms with Crippen molar-refractivity contribution in [1.29, 1.82) is 0 Å². The molecule has 5 rings (SSSR count). The van der Waals surface area contributed by atoms with Crippen molar-refractivity contribution < 1.29 is 9.53 Å². The van der Waals surface area contributed by atoms with Crippen LogP contribution in [0.3, 0.4) is 0 Å². The molecular weight excluding hydrogens is 480 g/mol. The van der Waals surface area contributed by atoms with Crippen LogP contribution in [0.1, 0.15) is 17.0 Å². The van der Waals surface area contributed by atoms with Gasteiger partial charge in [-0.15, -0.1) is 0 Å². The summed E-state index contributed by atoms with van der Waals surface area (Å²) < 4.78 is 5.44. The highest BCUT2D eigenvalue weighted by molar-refractivity contribution is 7.99. The maximum Gasteiger partial charge on any atom is 0.248 e. The second-order valence-corrected chi connectivity index (χ2v) is 9.71. The topological polar surface area (TPSA) is 67.4 Å². The van der Waals surface area contributed by atoms with Crippen LogP contribution in [0, 0.1) is 0 Å². The van der Waals surface area contributed by atoms with Crippen LogP contribution in [0.2, 0.25) is 0 Å². The van der Waals surface area contributed by atoms with Gasteiger partial charge in [-0.2, -0.15) is 0 Å². The van der Waals surface area contributed by atoms with Crippen LogP contribution in [0.4, 0.5) is 11.4 Å². The Morgan fingerprint density at radius 2 is 1.70 bits per heavy atom. The zero-order valence-corrected chi connectivity index (χ0v) is 21.2. The van der Waals surface area contributed by atoms with E-state index >= 15 is 0 Å². The van der Waals surface area contributed by atoms with E-state index in [4.69, 9.17) is 9.72 Å². The monoisotopic (exact) mass is 508 g/mol. The Hall–Kier alpha value is -3.94. The number of carbonyl (C=O) groups is 1. The van der Waals surface area contributed by atoms with Gasteiger partial charge in [0.1, 0.15) is 10.9 Å². The van der Waals surface area contributed by atoms with Crippen LogP contribution < -0.4 is 10.2 Å². The van der Waals surface area contributed by atoms with Crippen molar-refractivity contribution >= 4 is 35.1 Å². The molecule has 0 aliphatic carbocycles. The molecule has 1 aliphatic rings. The first-order valence-electron chi connectivity index (χ1n) is 12.3. The fraction of sp³-hybridized carbons (Fsp3) is 0.167. The van der Waals surface area contributed by atoms with Gasteiger partial charge in [0.2, 0.25) is 5.91 Å². The molecule has 0 saturated carbocycles. The van der Waals surface area contributed by atoms with Crippen LogP contribution >= 0.6 is 11.8 Å². The number of carbonyl (C=O) groups excluding carboxylic acids is 1. The first kappa shape index (κ1) is 24.7. The predicted octanol–water partition coefficient (Wildman–Crippen LogP) is 5.71. The molecule has 4 aromatic rings. The van der Waals surface area contributed by atoms with Crippen molar-refractivity contribution in [2.75, 3.05) is 36.5 Å². The van der Waals surface area contributed by atoms with E-state index in [1.54, 1.807) is 24.0 Å². The number of anilines is 2. The van der Waals surface area contributed by atoms with Crippen molar-refractivity contribution in [3.63, 3.8) is 0 Å². The largest absolute Gasteiger partial charge is 0.378 e. The Bertz CT molecular complexity index is 1340. The van der Waals surface area contributed by atoms with E-state index < -0.39 is 0 Å². The molecule has 0 bridgehead atoms. The number of hydrogen-bond donors (Lipinski definition) is 1. The lowest BCUT2D eigenvalue weighted by Crippen LogP contribution is -2.36. The number of rotatable bonds is 8. The molecule has 0 unspecified atom stereocenters. The minimum Gasteiger partial charge on any atom is -0.378 e. The number of ether oxygens (including phenoxy) is 1. The molecule has 0 radical (unpaired) electrons. The summed E-state index contributed by atoms with van der Waals surface area (Å²) in [7, 11) is 0. The van der Waals surface area contributed by atoms with Gasteiger partial charge >= 0.3 is 0 Å². The number of benzene rings is 3. The highest BCUT2D eigenvalue weighted by atomic mass is 32.2. The Kier molecular flexibility index (Phi) is 8.25. The molecule has 0 spiro atoms. The maximum atomic E-state index is 12.2. The number of amides is 1. The van der Waals surface area contributed by atoms with Crippen LogP contribution in [-0.4, -0.2) is 42.2 Å². The van der Waals surface area contributed by atoms with E-state index in [1.165, 1.54) is 17.3 Å². The van der Waals surface area contributed by atoms with Crippen LogP contribution in [0.15, 0.2) is 107 Å². The molecule has 0 atom stereocenters. The van der Waals surface area contributed by atoms with Crippen LogP contribution in [0.5, 0.6) is 0 Å². The number of aromatic nitrogens is 2. The highest BCUT2D eigenvalue weighted by Gasteiger charge is 2.11. The number of hydrogen-bond acceptors (Lipinski definition) is 6. The second kappa shape index (κ2) is 12.3. The Labute approximate surface area is 221 Å². The van der Waals surface area contributed by atoms with Gasteiger partial charge in [-0.1, -0.05) is 54.2 Å². The summed E-state index contributed by atoms with van der Waals surface area (Å²) in [6, 6.07) is 28.0. The van der Waals surface area contributed by atoms with Gasteiger partial charge in [0.15, 0.2) is 0 Å². The molecule has 1 amide bonds. The molecule has 1 aromatic heterocycles. The summed E-state index contributed by atoms with van der Waals surface area (Å²) in [6.07, 6.45) is 5.82. The first-order chi connectivity index (χ1) is 18.2. The second-order valence-electron chi connectivity index (χ2n) is 8.61. The Morgan fingerprint density at radius 1 is 0.946 bits per heavy atom. The molecule has 1 aliphatic heterocycles. The summed E-state index contributed by atoms with van der Waals surface area (Å²) in [5, 5.41) is 3.78. The van der Waals surface area contributed by atoms with Crippen molar-refractivity contribution in [3.8, 4) is 0 Å². The fourth-order valence-electron chi connectivity index (χ4n) is 4.00. The van der Waals surface area contributed by atoms with E-state index in [9.17, 15) is 4.79 Å². The lowest BCUT2D eigenvalue weighted by molar-refractivity contribution is -0.111. The Morgan fingerprint density at radius 3 is 2.46 bits per heavy atom. The minimum atomic E-state index is -0.164. The molecular formula is C30H28N4O2S. The Balaban J connectivity index is 1.15. The summed E-state index contributed by atoms with van der Waals surface area (Å²) in [6.45, 7) is 3.42. The summed E-state index contributed by atoms with van der Waals surface area (Å²) >= 11 is 1.57. The van der Waals surface area contributed by atoms with Crippen molar-refractivity contribution in [1.82, 2.24) is 9.97 Å². The first-order valence-corrected chi connectivity index (χ1v) is 13.1. The van der Waals surface area contributed by atoms with Crippen molar-refractivity contribution in [3.05, 3.63) is 114 Å². The van der Waals surface area contributed by atoms with E-state index in [-0.39, 0.29) is 5.91 Å². The van der Waals surface area contributed by atoms with Gasteiger partial charge in [0.25, 0.3) is 0 Å². The SMILES string of the molecule is O=C(/C=C/c1ccccc1)Nc1ccc(Sc2ccnc(Cc3ccc(N4CCOCC4)cc3)n2)cc1. The molecule has 1 saturated heterocycles. The van der Waals surface area contributed by atoms with Crippen LogP contribution in [0.25, 0.3) is 6.08 Å². The van der Waals surface area contributed by atoms with E-state index in [0.29, 0.717) is 6.42 Å². The van der Waals surface area contributed by atoms with Gasteiger partial charge in [-0.3, -0.25) is 4.79 Å². The van der Waals surface area contributed by atoms with Gasteiger partial charge in [-0.25, -0.2) is 9.97 Å².